The van der Waals surface area contributed by atoms with Gasteiger partial charge in [-0.2, -0.15) is 0 Å². The van der Waals surface area contributed by atoms with Crippen LogP contribution in [0.3, 0.4) is 0 Å². The Labute approximate surface area is 191 Å². The van der Waals surface area contributed by atoms with E-state index in [0.717, 1.165) is 35.8 Å². The Morgan fingerprint density at radius 3 is 2.21 bits per heavy atom. The minimum absolute atomic E-state index is 0.289. The van der Waals surface area contributed by atoms with Gasteiger partial charge in [0.05, 0.1) is 19.3 Å². The number of hydrogen-bond donors (Lipinski definition) is 1. The predicted octanol–water partition coefficient (Wildman–Crippen LogP) is 4.05. The number of amides is 1. The Bertz CT molecular complexity index is 1210. The number of sulfonamides is 1. The monoisotopic (exact) mass is 474 g/mol. The van der Waals surface area contributed by atoms with Crippen LogP contribution in [0.2, 0.25) is 0 Å². The van der Waals surface area contributed by atoms with Crippen LogP contribution in [0, 0.1) is 18.6 Å². The van der Waals surface area contributed by atoms with E-state index in [9.17, 15) is 22.0 Å². The van der Waals surface area contributed by atoms with E-state index >= 15 is 0 Å². The molecule has 3 aromatic rings. The van der Waals surface area contributed by atoms with Crippen molar-refractivity contribution in [2.45, 2.75) is 13.5 Å². The third-order valence-corrected chi connectivity index (χ3v) is 5.98. The van der Waals surface area contributed by atoms with Gasteiger partial charge in [-0.3, -0.25) is 9.10 Å². The summed E-state index contributed by atoms with van der Waals surface area (Å²) < 4.78 is 59.1. The Hall–Kier alpha value is -3.46. The number of benzene rings is 3. The first-order valence-electron chi connectivity index (χ1n) is 10.1. The maximum atomic E-state index is 14.2. The first-order valence-corrected chi connectivity index (χ1v) is 12.0. The van der Waals surface area contributed by atoms with Crippen molar-refractivity contribution in [3.05, 3.63) is 95.1 Å². The molecule has 1 N–H and O–H groups in total. The van der Waals surface area contributed by atoms with Crippen LogP contribution in [0.1, 0.15) is 21.5 Å². The largest absolute Gasteiger partial charge is 0.491 e. The van der Waals surface area contributed by atoms with Gasteiger partial charge in [-0.15, -0.1) is 0 Å². The second kappa shape index (κ2) is 10.4. The number of hydrogen-bond acceptors (Lipinski definition) is 4. The molecule has 174 valence electrons. The number of carbonyl (C=O) groups excluding carboxylic acids is 1. The van der Waals surface area contributed by atoms with Crippen LogP contribution in [0.25, 0.3) is 0 Å². The third-order valence-electron chi connectivity index (χ3n) is 4.87. The summed E-state index contributed by atoms with van der Waals surface area (Å²) in [6, 6.07) is 16.8. The molecule has 0 fully saturated rings. The molecule has 0 heterocycles. The van der Waals surface area contributed by atoms with Gasteiger partial charge in [0, 0.05) is 5.56 Å². The van der Waals surface area contributed by atoms with Crippen molar-refractivity contribution in [2.75, 3.05) is 23.7 Å². The average Bonchev–Trinajstić information content (AvgIpc) is 2.76. The quantitative estimate of drug-likeness (QED) is 0.475. The highest BCUT2D eigenvalue weighted by Gasteiger charge is 2.24. The fourth-order valence-corrected chi connectivity index (χ4v) is 4.05. The third kappa shape index (κ3) is 6.29. The first-order chi connectivity index (χ1) is 15.7. The Morgan fingerprint density at radius 2 is 1.61 bits per heavy atom. The number of anilines is 1. The van der Waals surface area contributed by atoms with Crippen molar-refractivity contribution in [1.82, 2.24) is 5.32 Å². The Balaban J connectivity index is 1.62. The fraction of sp³-hybridized carbons (Fsp3) is 0.208. The molecular formula is C24H24F2N2O4S. The minimum atomic E-state index is -3.97. The molecular weight excluding hydrogens is 450 g/mol. The molecule has 0 radical (unpaired) electrons. The lowest BCUT2D eigenvalue weighted by atomic mass is 10.1. The number of rotatable bonds is 9. The van der Waals surface area contributed by atoms with Crippen LogP contribution in [0.4, 0.5) is 14.5 Å². The molecule has 0 saturated carbocycles. The van der Waals surface area contributed by atoms with Gasteiger partial charge < -0.3 is 10.1 Å². The number of aryl methyl sites for hydroxylation is 1. The summed E-state index contributed by atoms with van der Waals surface area (Å²) in [5, 5.41) is 2.74. The number of carbonyl (C=O) groups is 1. The maximum absolute atomic E-state index is 14.2. The van der Waals surface area contributed by atoms with Crippen LogP contribution in [0.5, 0.6) is 5.75 Å². The van der Waals surface area contributed by atoms with Gasteiger partial charge in [0.15, 0.2) is 11.6 Å². The number of halogens is 2. The van der Waals surface area contributed by atoms with Crippen LogP contribution in [-0.4, -0.2) is 33.7 Å². The van der Waals surface area contributed by atoms with Crippen molar-refractivity contribution >= 4 is 21.6 Å². The van der Waals surface area contributed by atoms with E-state index in [2.05, 4.69) is 5.32 Å². The molecule has 0 aliphatic carbocycles. The average molecular weight is 475 g/mol. The standard InChI is InChI=1S/C24H24F2N2O4S/c1-17-6-3-4-9-22(17)32-15-14-27-24(29)19-12-10-18(11-13-19)16-28(33(2,30)31)23-20(25)7-5-8-21(23)26/h3-13H,14-16H2,1-2H3,(H,27,29). The molecule has 0 atom stereocenters. The molecule has 6 nitrogen and oxygen atoms in total. The van der Waals surface area contributed by atoms with E-state index in [1.165, 1.54) is 24.3 Å². The highest BCUT2D eigenvalue weighted by molar-refractivity contribution is 7.92. The van der Waals surface area contributed by atoms with Crippen molar-refractivity contribution < 1.29 is 26.7 Å². The van der Waals surface area contributed by atoms with E-state index < -0.39 is 27.3 Å². The highest BCUT2D eigenvalue weighted by Crippen LogP contribution is 2.27. The van der Waals surface area contributed by atoms with Crippen molar-refractivity contribution in [3.8, 4) is 5.75 Å². The van der Waals surface area contributed by atoms with Gasteiger partial charge in [-0.25, -0.2) is 17.2 Å². The second-order valence-electron chi connectivity index (χ2n) is 7.41. The van der Waals surface area contributed by atoms with Crippen LogP contribution in [-0.2, 0) is 16.6 Å². The zero-order valence-electron chi connectivity index (χ0n) is 18.2. The summed E-state index contributed by atoms with van der Waals surface area (Å²) in [5.74, 6) is -1.54. The molecule has 0 bridgehead atoms. The van der Waals surface area contributed by atoms with Gasteiger partial charge in [0.1, 0.15) is 18.0 Å². The van der Waals surface area contributed by atoms with E-state index in [1.807, 2.05) is 31.2 Å². The summed E-state index contributed by atoms with van der Waals surface area (Å²) in [4.78, 5) is 12.4. The van der Waals surface area contributed by atoms with Crippen molar-refractivity contribution in [3.63, 3.8) is 0 Å². The van der Waals surface area contributed by atoms with E-state index in [-0.39, 0.29) is 12.5 Å². The zero-order chi connectivity index (χ0) is 24.0. The topological polar surface area (TPSA) is 75.7 Å². The molecule has 3 aromatic carbocycles. The molecule has 0 unspecified atom stereocenters. The Kier molecular flexibility index (Phi) is 7.65. The molecule has 0 saturated heterocycles. The summed E-state index contributed by atoms with van der Waals surface area (Å²) in [6.45, 7) is 2.24. The molecule has 0 spiro atoms. The van der Waals surface area contributed by atoms with Crippen LogP contribution < -0.4 is 14.4 Å². The minimum Gasteiger partial charge on any atom is -0.491 e. The van der Waals surface area contributed by atoms with Crippen molar-refractivity contribution in [1.29, 1.82) is 0 Å². The van der Waals surface area contributed by atoms with Crippen LogP contribution in [0.15, 0.2) is 66.7 Å². The predicted molar refractivity (Wildman–Crippen MR) is 123 cm³/mol. The lowest BCUT2D eigenvalue weighted by Crippen LogP contribution is -2.31. The lowest BCUT2D eigenvalue weighted by molar-refractivity contribution is 0.0947. The molecule has 0 aliphatic rings. The van der Waals surface area contributed by atoms with Crippen LogP contribution >= 0.6 is 0 Å². The summed E-state index contributed by atoms with van der Waals surface area (Å²) >= 11 is 0. The number of nitrogens with one attached hydrogen (secondary N) is 1. The van der Waals surface area contributed by atoms with Gasteiger partial charge in [0.25, 0.3) is 5.91 Å². The van der Waals surface area contributed by atoms with E-state index in [0.29, 0.717) is 28.6 Å². The van der Waals surface area contributed by atoms with Gasteiger partial charge >= 0.3 is 0 Å². The maximum Gasteiger partial charge on any atom is 0.251 e. The summed E-state index contributed by atoms with van der Waals surface area (Å²) in [7, 11) is -3.97. The van der Waals surface area contributed by atoms with Gasteiger partial charge in [-0.05, 0) is 48.4 Å². The second-order valence-corrected chi connectivity index (χ2v) is 9.31. The molecule has 33 heavy (non-hydrogen) atoms. The molecule has 9 heteroatoms. The van der Waals surface area contributed by atoms with Gasteiger partial charge in [0.2, 0.25) is 10.0 Å². The normalized spacial score (nSPS) is 11.2. The van der Waals surface area contributed by atoms with Crippen molar-refractivity contribution in [2.24, 2.45) is 0 Å². The molecule has 3 rings (SSSR count). The van der Waals surface area contributed by atoms with E-state index in [1.54, 1.807) is 0 Å². The summed E-state index contributed by atoms with van der Waals surface area (Å²) in [5.41, 5.74) is 1.17. The Morgan fingerprint density at radius 1 is 0.970 bits per heavy atom. The first kappa shape index (κ1) is 24.2. The summed E-state index contributed by atoms with van der Waals surface area (Å²) in [6.07, 6.45) is 0.875. The number of para-hydroxylation sites is 2. The van der Waals surface area contributed by atoms with Gasteiger partial charge in [-0.1, -0.05) is 36.4 Å². The lowest BCUT2D eigenvalue weighted by Gasteiger charge is -2.23. The number of nitrogens with zero attached hydrogens (tertiary/aromatic N) is 1. The fourth-order valence-electron chi connectivity index (χ4n) is 3.16. The SMILES string of the molecule is Cc1ccccc1OCCNC(=O)c1ccc(CN(c2c(F)cccc2F)S(C)(=O)=O)cc1. The smallest absolute Gasteiger partial charge is 0.251 e. The highest BCUT2D eigenvalue weighted by atomic mass is 32.2. The number of ether oxygens (including phenoxy) is 1. The molecule has 0 aliphatic heterocycles. The van der Waals surface area contributed by atoms with E-state index in [4.69, 9.17) is 4.74 Å². The zero-order valence-corrected chi connectivity index (χ0v) is 19.0. The molecule has 0 aromatic heterocycles. The molecule has 1 amide bonds.